The van der Waals surface area contributed by atoms with E-state index in [-0.39, 0.29) is 11.9 Å². The van der Waals surface area contributed by atoms with Gasteiger partial charge in [-0.15, -0.1) is 0 Å². The quantitative estimate of drug-likeness (QED) is 0.289. The van der Waals surface area contributed by atoms with E-state index < -0.39 is 0 Å². The van der Waals surface area contributed by atoms with Gasteiger partial charge in [0.15, 0.2) is 5.78 Å². The second kappa shape index (κ2) is 2.81. The van der Waals surface area contributed by atoms with Gasteiger partial charge in [-0.25, -0.2) is 0 Å². The third-order valence-electron chi connectivity index (χ3n) is 1.43. The van der Waals surface area contributed by atoms with Crippen molar-refractivity contribution in [3.05, 3.63) is 11.8 Å². The number of ketones is 1. The summed E-state index contributed by atoms with van der Waals surface area (Å²) in [6.07, 6.45) is 1.16. The molecular weight excluding hydrogens is 132 g/mol. The van der Waals surface area contributed by atoms with Crippen molar-refractivity contribution in [1.82, 2.24) is 5.43 Å². The fraction of sp³-hybridized carbons (Fsp3) is 0.500. The highest BCUT2D eigenvalue weighted by Gasteiger charge is 2.25. The minimum absolute atomic E-state index is 0.0120. The zero-order chi connectivity index (χ0) is 7.56. The van der Waals surface area contributed by atoms with Crippen LogP contribution in [-0.2, 0) is 9.53 Å². The summed E-state index contributed by atoms with van der Waals surface area (Å²) in [6, 6.07) is 0. The Hall–Kier alpha value is -0.870. The first-order valence-electron chi connectivity index (χ1n) is 3.06. The van der Waals surface area contributed by atoms with Crippen LogP contribution in [0, 0.1) is 0 Å². The SMILES string of the molecule is C[C@@H]1OC/C(=C\NN)C1=O. The number of carbonyl (C=O) groups excluding carboxylic acids is 1. The maximum absolute atomic E-state index is 11.0. The predicted octanol–water partition coefficient (Wildman–Crippen LogP) is -0.679. The Morgan fingerprint density at radius 3 is 3.00 bits per heavy atom. The van der Waals surface area contributed by atoms with Gasteiger partial charge in [0, 0.05) is 11.8 Å². The van der Waals surface area contributed by atoms with Gasteiger partial charge < -0.3 is 10.2 Å². The third kappa shape index (κ3) is 1.17. The molecule has 0 unspecified atom stereocenters. The number of nitrogens with one attached hydrogen (secondary N) is 1. The maximum atomic E-state index is 11.0. The zero-order valence-electron chi connectivity index (χ0n) is 5.76. The van der Waals surface area contributed by atoms with E-state index in [1.54, 1.807) is 6.92 Å². The molecular formula is C6H10N2O2. The molecule has 0 amide bonds. The van der Waals surface area contributed by atoms with Gasteiger partial charge in [0.1, 0.15) is 6.10 Å². The van der Waals surface area contributed by atoms with Gasteiger partial charge in [-0.05, 0) is 6.92 Å². The third-order valence-corrected chi connectivity index (χ3v) is 1.43. The van der Waals surface area contributed by atoms with E-state index in [0.717, 1.165) is 0 Å². The molecule has 1 aliphatic heterocycles. The number of hydrogen-bond acceptors (Lipinski definition) is 4. The van der Waals surface area contributed by atoms with E-state index in [9.17, 15) is 4.79 Å². The van der Waals surface area contributed by atoms with Crippen LogP contribution in [0.3, 0.4) is 0 Å². The highest BCUT2D eigenvalue weighted by molar-refractivity contribution is 6.00. The summed E-state index contributed by atoms with van der Waals surface area (Å²) >= 11 is 0. The van der Waals surface area contributed by atoms with Crippen LogP contribution < -0.4 is 11.3 Å². The molecule has 1 fully saturated rings. The molecule has 10 heavy (non-hydrogen) atoms. The molecule has 0 spiro atoms. The van der Waals surface area contributed by atoms with Gasteiger partial charge in [-0.2, -0.15) is 0 Å². The van der Waals surface area contributed by atoms with E-state index in [1.807, 2.05) is 0 Å². The van der Waals surface area contributed by atoms with Crippen molar-refractivity contribution in [1.29, 1.82) is 0 Å². The first-order valence-corrected chi connectivity index (χ1v) is 3.06. The summed E-state index contributed by atoms with van der Waals surface area (Å²) in [5.41, 5.74) is 2.90. The van der Waals surface area contributed by atoms with Crippen LogP contribution >= 0.6 is 0 Å². The molecule has 4 heteroatoms. The van der Waals surface area contributed by atoms with Gasteiger partial charge in [0.05, 0.1) is 6.61 Å². The fourth-order valence-electron chi connectivity index (χ4n) is 0.836. The lowest BCUT2D eigenvalue weighted by Crippen LogP contribution is -2.17. The van der Waals surface area contributed by atoms with Gasteiger partial charge in [-0.3, -0.25) is 10.6 Å². The second-order valence-electron chi connectivity index (χ2n) is 2.15. The number of carbonyl (C=O) groups is 1. The van der Waals surface area contributed by atoms with Gasteiger partial charge >= 0.3 is 0 Å². The summed E-state index contributed by atoms with van der Waals surface area (Å²) in [6.45, 7) is 2.09. The van der Waals surface area contributed by atoms with Gasteiger partial charge in [0.25, 0.3) is 0 Å². The Kier molecular flexibility index (Phi) is 2.03. The number of nitrogens with two attached hydrogens (primary N) is 1. The van der Waals surface area contributed by atoms with Crippen LogP contribution in [0.4, 0.5) is 0 Å². The van der Waals surface area contributed by atoms with Crippen molar-refractivity contribution in [2.75, 3.05) is 6.61 Å². The monoisotopic (exact) mass is 142 g/mol. The first kappa shape index (κ1) is 7.24. The molecule has 1 heterocycles. The number of Topliss-reactive ketones (excluding diaryl/α,β-unsaturated/α-hetero) is 1. The molecule has 0 aliphatic carbocycles. The lowest BCUT2D eigenvalue weighted by Gasteiger charge is -1.93. The predicted molar refractivity (Wildman–Crippen MR) is 35.8 cm³/mol. The molecule has 1 aliphatic rings. The topological polar surface area (TPSA) is 64.3 Å². The minimum atomic E-state index is -0.306. The molecule has 1 rings (SSSR count). The Bertz CT molecular complexity index is 177. The Balaban J connectivity index is 2.66. The average Bonchev–Trinajstić information content (AvgIpc) is 2.20. The van der Waals surface area contributed by atoms with Crippen LogP contribution in [-0.4, -0.2) is 18.5 Å². The molecule has 0 radical (unpaired) electrons. The number of ether oxygens (including phenoxy) is 1. The van der Waals surface area contributed by atoms with Gasteiger partial charge in [0.2, 0.25) is 0 Å². The largest absolute Gasteiger partial charge is 0.365 e. The maximum Gasteiger partial charge on any atom is 0.191 e. The second-order valence-corrected chi connectivity index (χ2v) is 2.15. The minimum Gasteiger partial charge on any atom is -0.365 e. The molecule has 0 aromatic heterocycles. The highest BCUT2D eigenvalue weighted by Crippen LogP contribution is 2.12. The molecule has 0 aromatic rings. The number of hydrogen-bond donors (Lipinski definition) is 2. The smallest absolute Gasteiger partial charge is 0.191 e. The molecule has 4 nitrogen and oxygen atoms in total. The van der Waals surface area contributed by atoms with E-state index in [2.05, 4.69) is 5.43 Å². The van der Waals surface area contributed by atoms with Crippen LogP contribution in [0.1, 0.15) is 6.92 Å². The molecule has 0 bridgehead atoms. The average molecular weight is 142 g/mol. The van der Waals surface area contributed by atoms with Crippen LogP contribution in [0.15, 0.2) is 11.8 Å². The Morgan fingerprint density at radius 1 is 1.90 bits per heavy atom. The van der Waals surface area contributed by atoms with Crippen LogP contribution in [0.2, 0.25) is 0 Å². The van der Waals surface area contributed by atoms with E-state index >= 15 is 0 Å². The van der Waals surface area contributed by atoms with Crippen LogP contribution in [0.25, 0.3) is 0 Å². The molecule has 0 aromatic carbocycles. The Labute approximate surface area is 59.0 Å². The summed E-state index contributed by atoms with van der Waals surface area (Å²) < 4.78 is 5.02. The van der Waals surface area contributed by atoms with Crippen molar-refractivity contribution >= 4 is 5.78 Å². The molecule has 1 atom stereocenters. The van der Waals surface area contributed by atoms with Crippen molar-refractivity contribution in [3.63, 3.8) is 0 Å². The summed E-state index contributed by atoms with van der Waals surface area (Å²) in [5.74, 6) is 4.99. The molecule has 1 saturated heterocycles. The Morgan fingerprint density at radius 2 is 2.60 bits per heavy atom. The number of hydrazine groups is 1. The van der Waals surface area contributed by atoms with Gasteiger partial charge in [-0.1, -0.05) is 0 Å². The molecule has 0 saturated carbocycles. The van der Waals surface area contributed by atoms with Crippen molar-refractivity contribution in [2.24, 2.45) is 5.84 Å². The van der Waals surface area contributed by atoms with Crippen molar-refractivity contribution < 1.29 is 9.53 Å². The van der Waals surface area contributed by atoms with Crippen molar-refractivity contribution in [2.45, 2.75) is 13.0 Å². The van der Waals surface area contributed by atoms with E-state index in [0.29, 0.717) is 12.2 Å². The fourth-order valence-corrected chi connectivity index (χ4v) is 0.836. The van der Waals surface area contributed by atoms with E-state index in [4.69, 9.17) is 10.6 Å². The zero-order valence-corrected chi connectivity index (χ0v) is 5.76. The normalized spacial score (nSPS) is 29.6. The molecule has 3 N–H and O–H groups in total. The number of rotatable bonds is 1. The summed E-state index contributed by atoms with van der Waals surface area (Å²) in [4.78, 5) is 11.0. The van der Waals surface area contributed by atoms with E-state index in [1.165, 1.54) is 6.20 Å². The first-order chi connectivity index (χ1) is 4.75. The van der Waals surface area contributed by atoms with Crippen LogP contribution in [0.5, 0.6) is 0 Å². The molecule has 56 valence electrons. The highest BCUT2D eigenvalue weighted by atomic mass is 16.5. The summed E-state index contributed by atoms with van der Waals surface area (Å²) in [5, 5.41) is 0. The summed E-state index contributed by atoms with van der Waals surface area (Å²) in [7, 11) is 0. The lowest BCUT2D eigenvalue weighted by molar-refractivity contribution is -0.119. The van der Waals surface area contributed by atoms with Crippen molar-refractivity contribution in [3.8, 4) is 0 Å². The lowest BCUT2D eigenvalue weighted by atomic mass is 10.2. The standard InChI is InChI=1S/C6H10N2O2/c1-4-6(9)5(2-8-7)3-10-4/h2,4,8H,3,7H2,1H3/b5-2+/t4-/m0/s1.